The molecule has 0 aliphatic carbocycles. The van der Waals surface area contributed by atoms with Crippen molar-refractivity contribution in [2.75, 3.05) is 20.1 Å². The highest BCUT2D eigenvalue weighted by Crippen LogP contribution is 2.35. The SMILES string of the molecule is CN1CCn2c(nnc2C2CCCN2C(=O)c2ccccc2-c2ccccc2)C1. The summed E-state index contributed by atoms with van der Waals surface area (Å²) in [7, 11) is 2.10. The van der Waals surface area contributed by atoms with E-state index in [1.54, 1.807) is 0 Å². The summed E-state index contributed by atoms with van der Waals surface area (Å²) in [6, 6.07) is 18.0. The van der Waals surface area contributed by atoms with Crippen molar-refractivity contribution in [3.05, 3.63) is 71.8 Å². The van der Waals surface area contributed by atoms with Crippen LogP contribution >= 0.6 is 0 Å². The summed E-state index contributed by atoms with van der Waals surface area (Å²) in [6.07, 6.45) is 1.93. The number of hydrogen-bond donors (Lipinski definition) is 0. The van der Waals surface area contributed by atoms with Gasteiger partial charge in [-0.2, -0.15) is 0 Å². The minimum Gasteiger partial charge on any atom is -0.328 e. The third-order valence-corrected chi connectivity index (χ3v) is 6.03. The molecule has 2 aromatic carbocycles. The largest absolute Gasteiger partial charge is 0.328 e. The number of carbonyl (C=O) groups is 1. The third kappa shape index (κ3) is 3.23. The highest BCUT2D eigenvalue weighted by molar-refractivity contribution is 6.01. The second kappa shape index (κ2) is 7.44. The number of benzene rings is 2. The maximum atomic E-state index is 13.6. The van der Waals surface area contributed by atoms with E-state index in [-0.39, 0.29) is 11.9 Å². The highest BCUT2D eigenvalue weighted by atomic mass is 16.2. The van der Waals surface area contributed by atoms with E-state index in [0.29, 0.717) is 0 Å². The van der Waals surface area contributed by atoms with Crippen LogP contribution in [0, 0.1) is 0 Å². The molecule has 1 saturated heterocycles. The minimum absolute atomic E-state index is 0.00372. The van der Waals surface area contributed by atoms with Crippen LogP contribution in [0.4, 0.5) is 0 Å². The van der Waals surface area contributed by atoms with Gasteiger partial charge in [-0.1, -0.05) is 48.5 Å². The molecule has 6 nitrogen and oxygen atoms in total. The zero-order valence-electron chi connectivity index (χ0n) is 16.7. The Morgan fingerprint density at radius 3 is 2.62 bits per heavy atom. The molecular formula is C23H25N5O. The Bertz CT molecular complexity index is 1030. The van der Waals surface area contributed by atoms with Gasteiger partial charge in [-0.15, -0.1) is 10.2 Å². The molecule has 0 bridgehead atoms. The average molecular weight is 387 g/mol. The zero-order valence-corrected chi connectivity index (χ0v) is 16.7. The van der Waals surface area contributed by atoms with Crippen molar-refractivity contribution in [2.24, 2.45) is 0 Å². The lowest BCUT2D eigenvalue weighted by Gasteiger charge is -2.28. The van der Waals surface area contributed by atoms with Gasteiger partial charge in [-0.25, -0.2) is 0 Å². The van der Waals surface area contributed by atoms with Crippen LogP contribution in [0.3, 0.4) is 0 Å². The minimum atomic E-state index is -0.00372. The van der Waals surface area contributed by atoms with Crippen molar-refractivity contribution in [1.82, 2.24) is 24.6 Å². The number of rotatable bonds is 3. The maximum Gasteiger partial charge on any atom is 0.255 e. The van der Waals surface area contributed by atoms with E-state index in [1.165, 1.54) is 0 Å². The number of likely N-dealkylation sites (N-methyl/N-ethyl adjacent to an activating group) is 1. The molecule has 1 amide bonds. The second-order valence-electron chi connectivity index (χ2n) is 7.93. The predicted molar refractivity (Wildman–Crippen MR) is 111 cm³/mol. The molecule has 5 rings (SSSR count). The number of likely N-dealkylation sites (tertiary alicyclic amines) is 1. The van der Waals surface area contributed by atoms with E-state index < -0.39 is 0 Å². The molecule has 148 valence electrons. The molecule has 0 N–H and O–H groups in total. The molecule has 1 fully saturated rings. The molecule has 1 aromatic heterocycles. The molecule has 2 aliphatic rings. The van der Waals surface area contributed by atoms with E-state index in [4.69, 9.17) is 0 Å². The van der Waals surface area contributed by atoms with Crippen molar-refractivity contribution < 1.29 is 4.79 Å². The van der Waals surface area contributed by atoms with Gasteiger partial charge in [0.15, 0.2) is 5.82 Å². The summed E-state index contributed by atoms with van der Waals surface area (Å²) >= 11 is 0. The maximum absolute atomic E-state index is 13.6. The normalized spacial score (nSPS) is 19.3. The first-order chi connectivity index (χ1) is 14.2. The molecule has 1 atom stereocenters. The van der Waals surface area contributed by atoms with Gasteiger partial charge in [0.25, 0.3) is 5.91 Å². The molecule has 29 heavy (non-hydrogen) atoms. The Kier molecular flexibility index (Phi) is 4.64. The van der Waals surface area contributed by atoms with Crippen LogP contribution in [0.1, 0.15) is 40.9 Å². The predicted octanol–water partition coefficient (Wildman–Crippen LogP) is 3.37. The summed E-state index contributed by atoms with van der Waals surface area (Å²) in [4.78, 5) is 17.9. The van der Waals surface area contributed by atoms with Crippen LogP contribution in [0.25, 0.3) is 11.1 Å². The Morgan fingerprint density at radius 2 is 1.76 bits per heavy atom. The fourth-order valence-corrected chi connectivity index (χ4v) is 4.52. The smallest absolute Gasteiger partial charge is 0.255 e. The van der Waals surface area contributed by atoms with Gasteiger partial charge in [0.2, 0.25) is 0 Å². The summed E-state index contributed by atoms with van der Waals surface area (Å²) in [5.41, 5.74) is 2.80. The van der Waals surface area contributed by atoms with Gasteiger partial charge in [-0.05, 0) is 37.1 Å². The lowest BCUT2D eigenvalue weighted by atomic mass is 9.98. The topological polar surface area (TPSA) is 54.3 Å². The molecular weight excluding hydrogens is 362 g/mol. The molecule has 0 radical (unpaired) electrons. The molecule has 3 aromatic rings. The van der Waals surface area contributed by atoms with Crippen molar-refractivity contribution in [3.8, 4) is 11.1 Å². The number of amides is 1. The molecule has 3 heterocycles. The average Bonchev–Trinajstić information content (AvgIpc) is 3.40. The third-order valence-electron chi connectivity index (χ3n) is 6.03. The van der Waals surface area contributed by atoms with E-state index in [1.807, 2.05) is 47.4 Å². The zero-order chi connectivity index (χ0) is 19.8. The van der Waals surface area contributed by atoms with Gasteiger partial charge < -0.3 is 9.47 Å². The number of carbonyl (C=O) groups excluding carboxylic acids is 1. The van der Waals surface area contributed by atoms with Gasteiger partial charge in [0.05, 0.1) is 12.6 Å². The van der Waals surface area contributed by atoms with E-state index in [9.17, 15) is 4.79 Å². The number of aromatic nitrogens is 3. The van der Waals surface area contributed by atoms with Crippen LogP contribution in [0.5, 0.6) is 0 Å². The van der Waals surface area contributed by atoms with Crippen LogP contribution in [-0.4, -0.2) is 50.6 Å². The standard InChI is InChI=1S/C23H25N5O/c1-26-14-15-28-21(16-26)24-25-22(28)20-12-7-13-27(20)23(29)19-11-6-5-10-18(19)17-8-3-2-4-9-17/h2-6,8-11,20H,7,12-16H2,1H3. The van der Waals surface area contributed by atoms with Crippen molar-refractivity contribution in [2.45, 2.75) is 32.0 Å². The number of fused-ring (bicyclic) bond motifs is 1. The molecule has 2 aliphatic heterocycles. The lowest BCUT2D eigenvalue weighted by Crippen LogP contribution is -2.35. The number of nitrogens with zero attached hydrogens (tertiary/aromatic N) is 5. The Morgan fingerprint density at radius 1 is 0.966 bits per heavy atom. The Balaban J connectivity index is 1.48. The fourth-order valence-electron chi connectivity index (χ4n) is 4.52. The van der Waals surface area contributed by atoms with Crippen LogP contribution < -0.4 is 0 Å². The van der Waals surface area contributed by atoms with E-state index >= 15 is 0 Å². The van der Waals surface area contributed by atoms with Crippen LogP contribution in [0.2, 0.25) is 0 Å². The first-order valence-corrected chi connectivity index (χ1v) is 10.3. The molecule has 1 unspecified atom stereocenters. The van der Waals surface area contributed by atoms with Crippen molar-refractivity contribution in [1.29, 1.82) is 0 Å². The van der Waals surface area contributed by atoms with Gasteiger partial charge in [0.1, 0.15) is 5.82 Å². The van der Waals surface area contributed by atoms with Crippen molar-refractivity contribution in [3.63, 3.8) is 0 Å². The van der Waals surface area contributed by atoms with Gasteiger partial charge in [0, 0.05) is 25.2 Å². The van der Waals surface area contributed by atoms with Crippen LogP contribution in [-0.2, 0) is 13.1 Å². The Labute approximate surface area is 170 Å². The first-order valence-electron chi connectivity index (χ1n) is 10.3. The van der Waals surface area contributed by atoms with Gasteiger partial charge in [-0.3, -0.25) is 9.69 Å². The molecule has 0 saturated carbocycles. The summed E-state index contributed by atoms with van der Waals surface area (Å²) < 4.78 is 2.22. The second-order valence-corrected chi connectivity index (χ2v) is 7.93. The monoisotopic (exact) mass is 387 g/mol. The van der Waals surface area contributed by atoms with Crippen molar-refractivity contribution >= 4 is 5.91 Å². The summed E-state index contributed by atoms with van der Waals surface area (Å²) in [6.45, 7) is 3.43. The summed E-state index contributed by atoms with van der Waals surface area (Å²) in [5.74, 6) is 2.02. The first kappa shape index (κ1) is 18.1. The summed E-state index contributed by atoms with van der Waals surface area (Å²) in [5, 5.41) is 8.93. The fraction of sp³-hybridized carbons (Fsp3) is 0.348. The molecule has 0 spiro atoms. The van der Waals surface area contributed by atoms with E-state index in [0.717, 1.165) is 67.4 Å². The molecule has 6 heteroatoms. The Hall–Kier alpha value is -2.99. The lowest BCUT2D eigenvalue weighted by molar-refractivity contribution is 0.0726. The van der Waals surface area contributed by atoms with Crippen LogP contribution in [0.15, 0.2) is 54.6 Å². The number of hydrogen-bond acceptors (Lipinski definition) is 4. The van der Waals surface area contributed by atoms with E-state index in [2.05, 4.69) is 38.8 Å². The highest BCUT2D eigenvalue weighted by Gasteiger charge is 2.36. The van der Waals surface area contributed by atoms with Gasteiger partial charge >= 0.3 is 0 Å². The quantitative estimate of drug-likeness (QED) is 0.691.